The molecule has 1 fully saturated rings. The number of sulfonamides is 1. The lowest BCUT2D eigenvalue weighted by atomic mass is 9.95. The monoisotopic (exact) mass is 505 g/mol. The summed E-state index contributed by atoms with van der Waals surface area (Å²) in [6.07, 6.45) is 5.61. The minimum Gasteiger partial charge on any atom is -0.355 e. The molecule has 0 spiro atoms. The number of piperidine rings is 1. The zero-order valence-corrected chi connectivity index (χ0v) is 21.5. The van der Waals surface area contributed by atoms with E-state index < -0.39 is 10.0 Å². The van der Waals surface area contributed by atoms with Crippen molar-refractivity contribution in [2.75, 3.05) is 19.6 Å². The molecule has 5 rings (SSSR count). The van der Waals surface area contributed by atoms with Gasteiger partial charge in [-0.3, -0.25) is 4.79 Å². The van der Waals surface area contributed by atoms with E-state index in [0.717, 1.165) is 17.5 Å². The standard InChI is InChI=1S/C28H31N3O4S/c1-20-9-11-22(12-10-20)13-14-26-27(21(2)29-35-26)36(33,34)31-16-5-8-25(19-31)28(32)30-17-15-23-6-3-4-7-24(23)18-30/h3-4,6-7,9-14,25H,5,8,15-19H2,1-2H3/b14-13+/t25-/m1/s1. The molecule has 2 aromatic carbocycles. The molecule has 188 valence electrons. The Bertz CT molecular complexity index is 1390. The van der Waals surface area contributed by atoms with Crippen LogP contribution in [0, 0.1) is 19.8 Å². The van der Waals surface area contributed by atoms with E-state index >= 15 is 0 Å². The van der Waals surface area contributed by atoms with Crippen LogP contribution in [0.5, 0.6) is 0 Å². The van der Waals surface area contributed by atoms with Crippen LogP contribution in [0.1, 0.15) is 46.5 Å². The van der Waals surface area contributed by atoms with Crippen molar-refractivity contribution in [3.8, 4) is 0 Å². The second-order valence-corrected chi connectivity index (χ2v) is 11.6. The number of nitrogens with zero attached hydrogens (tertiary/aromatic N) is 3. The van der Waals surface area contributed by atoms with Crippen molar-refractivity contribution >= 4 is 28.1 Å². The van der Waals surface area contributed by atoms with Crippen LogP contribution >= 0.6 is 0 Å². The fourth-order valence-electron chi connectivity index (χ4n) is 5.08. The molecule has 36 heavy (non-hydrogen) atoms. The van der Waals surface area contributed by atoms with Crippen LogP contribution in [-0.4, -0.2) is 48.3 Å². The molecule has 8 heteroatoms. The largest absolute Gasteiger partial charge is 0.355 e. The maximum atomic E-state index is 13.7. The van der Waals surface area contributed by atoms with E-state index in [9.17, 15) is 13.2 Å². The number of hydrogen-bond donors (Lipinski definition) is 0. The summed E-state index contributed by atoms with van der Waals surface area (Å²) in [5.41, 5.74) is 4.85. The number of carbonyl (C=O) groups is 1. The first-order valence-corrected chi connectivity index (χ1v) is 13.8. The van der Waals surface area contributed by atoms with Gasteiger partial charge in [0.2, 0.25) is 15.9 Å². The quantitative estimate of drug-likeness (QED) is 0.512. The molecule has 0 bridgehead atoms. The van der Waals surface area contributed by atoms with Gasteiger partial charge in [-0.15, -0.1) is 0 Å². The molecule has 7 nitrogen and oxygen atoms in total. The second kappa shape index (κ2) is 10.0. The van der Waals surface area contributed by atoms with Gasteiger partial charge in [-0.1, -0.05) is 65.3 Å². The highest BCUT2D eigenvalue weighted by atomic mass is 32.2. The van der Waals surface area contributed by atoms with Gasteiger partial charge in [0, 0.05) is 26.2 Å². The van der Waals surface area contributed by atoms with Crippen molar-refractivity contribution in [1.82, 2.24) is 14.4 Å². The lowest BCUT2D eigenvalue weighted by molar-refractivity contribution is -0.137. The highest BCUT2D eigenvalue weighted by Gasteiger charge is 2.38. The summed E-state index contributed by atoms with van der Waals surface area (Å²) in [5, 5.41) is 3.95. The molecule has 0 unspecified atom stereocenters. The fraction of sp³-hybridized carbons (Fsp3) is 0.357. The van der Waals surface area contributed by atoms with Crippen LogP contribution in [0.3, 0.4) is 0 Å². The Balaban J connectivity index is 1.33. The number of hydrogen-bond acceptors (Lipinski definition) is 5. The van der Waals surface area contributed by atoms with Gasteiger partial charge in [-0.25, -0.2) is 8.42 Å². The summed E-state index contributed by atoms with van der Waals surface area (Å²) >= 11 is 0. The van der Waals surface area contributed by atoms with Gasteiger partial charge >= 0.3 is 0 Å². The minimum absolute atomic E-state index is 0.0333. The highest BCUT2D eigenvalue weighted by molar-refractivity contribution is 7.89. The molecule has 0 N–H and O–H groups in total. The van der Waals surface area contributed by atoms with Crippen LogP contribution in [0.4, 0.5) is 0 Å². The molecule has 2 aliphatic rings. The molecule has 0 radical (unpaired) electrons. The van der Waals surface area contributed by atoms with Gasteiger partial charge in [-0.05, 0) is 55.9 Å². The van der Waals surface area contributed by atoms with Crippen molar-refractivity contribution in [3.63, 3.8) is 0 Å². The molecule has 0 saturated carbocycles. The molecule has 1 saturated heterocycles. The van der Waals surface area contributed by atoms with Crippen LogP contribution in [0.15, 0.2) is 57.9 Å². The van der Waals surface area contributed by atoms with E-state index in [1.165, 1.54) is 15.4 Å². The number of aromatic nitrogens is 1. The Kier molecular flexibility index (Phi) is 6.81. The predicted molar refractivity (Wildman–Crippen MR) is 138 cm³/mol. The number of benzene rings is 2. The number of aryl methyl sites for hydroxylation is 2. The summed E-state index contributed by atoms with van der Waals surface area (Å²) in [7, 11) is -3.88. The number of rotatable bonds is 5. The molecule has 1 amide bonds. The third-order valence-corrected chi connectivity index (χ3v) is 9.14. The summed E-state index contributed by atoms with van der Waals surface area (Å²) < 4.78 is 34.3. The molecule has 0 aliphatic carbocycles. The van der Waals surface area contributed by atoms with E-state index in [2.05, 4.69) is 17.3 Å². The average molecular weight is 506 g/mol. The summed E-state index contributed by atoms with van der Waals surface area (Å²) in [6.45, 7) is 5.44. The van der Waals surface area contributed by atoms with Gasteiger partial charge in [0.25, 0.3) is 0 Å². The topological polar surface area (TPSA) is 83.7 Å². The fourth-order valence-corrected chi connectivity index (χ4v) is 6.86. The van der Waals surface area contributed by atoms with Gasteiger partial charge < -0.3 is 9.42 Å². The first-order chi connectivity index (χ1) is 17.3. The lowest BCUT2D eigenvalue weighted by Crippen LogP contribution is -2.47. The molecule has 1 atom stereocenters. The zero-order valence-electron chi connectivity index (χ0n) is 20.7. The third-order valence-electron chi connectivity index (χ3n) is 7.11. The maximum Gasteiger partial charge on any atom is 0.248 e. The van der Waals surface area contributed by atoms with Crippen LogP contribution in [0.25, 0.3) is 12.2 Å². The average Bonchev–Trinajstić information content (AvgIpc) is 3.28. The third kappa shape index (κ3) is 4.88. The zero-order chi connectivity index (χ0) is 25.3. The maximum absolute atomic E-state index is 13.7. The van der Waals surface area contributed by atoms with Crippen LogP contribution in [-0.2, 0) is 27.8 Å². The minimum atomic E-state index is -3.88. The van der Waals surface area contributed by atoms with Gasteiger partial charge in [0.15, 0.2) is 10.7 Å². The number of carbonyl (C=O) groups excluding carboxylic acids is 1. The van der Waals surface area contributed by atoms with Gasteiger partial charge in [-0.2, -0.15) is 4.31 Å². The highest BCUT2D eigenvalue weighted by Crippen LogP contribution is 2.31. The van der Waals surface area contributed by atoms with Gasteiger partial charge in [0.1, 0.15) is 5.69 Å². The molecular formula is C28H31N3O4S. The Morgan fingerprint density at radius 3 is 2.56 bits per heavy atom. The Labute approximate surface area is 212 Å². The van der Waals surface area contributed by atoms with Crippen molar-refractivity contribution in [2.45, 2.75) is 44.6 Å². The second-order valence-electron chi connectivity index (χ2n) is 9.69. The smallest absolute Gasteiger partial charge is 0.248 e. The van der Waals surface area contributed by atoms with Gasteiger partial charge in [0.05, 0.1) is 5.92 Å². The van der Waals surface area contributed by atoms with Crippen LogP contribution in [0.2, 0.25) is 0 Å². The summed E-state index contributed by atoms with van der Waals surface area (Å²) in [5.74, 6) is -0.120. The molecular weight excluding hydrogens is 474 g/mol. The molecule has 1 aromatic heterocycles. The molecule has 3 aromatic rings. The Hall–Kier alpha value is -3.23. The van der Waals surface area contributed by atoms with E-state index in [1.807, 2.05) is 54.3 Å². The SMILES string of the molecule is Cc1ccc(/C=C/c2onc(C)c2S(=O)(=O)N2CCC[C@@H](C(=O)N3CCc4ccccc4C3)C2)cc1. The summed E-state index contributed by atoms with van der Waals surface area (Å²) in [6, 6.07) is 16.1. The Morgan fingerprint density at radius 2 is 1.78 bits per heavy atom. The van der Waals surface area contributed by atoms with E-state index in [1.54, 1.807) is 13.0 Å². The molecule has 3 heterocycles. The van der Waals surface area contributed by atoms with Crippen molar-refractivity contribution in [3.05, 3.63) is 82.2 Å². The first kappa shape index (κ1) is 24.5. The van der Waals surface area contributed by atoms with Crippen molar-refractivity contribution in [2.24, 2.45) is 5.92 Å². The normalized spacial score (nSPS) is 18.9. The van der Waals surface area contributed by atoms with E-state index in [0.29, 0.717) is 38.2 Å². The predicted octanol–water partition coefficient (Wildman–Crippen LogP) is 4.45. The summed E-state index contributed by atoms with van der Waals surface area (Å²) in [4.78, 5) is 15.4. The van der Waals surface area contributed by atoms with Crippen molar-refractivity contribution in [1.29, 1.82) is 0 Å². The Morgan fingerprint density at radius 1 is 1.03 bits per heavy atom. The lowest BCUT2D eigenvalue weighted by Gasteiger charge is -2.36. The number of fused-ring (bicyclic) bond motifs is 1. The van der Waals surface area contributed by atoms with E-state index in [-0.39, 0.29) is 29.0 Å². The van der Waals surface area contributed by atoms with Crippen LogP contribution < -0.4 is 0 Å². The van der Waals surface area contributed by atoms with Crippen molar-refractivity contribution < 1.29 is 17.7 Å². The molecule has 2 aliphatic heterocycles. The van der Waals surface area contributed by atoms with E-state index in [4.69, 9.17) is 4.52 Å². The number of amides is 1. The first-order valence-electron chi connectivity index (χ1n) is 12.4.